The summed E-state index contributed by atoms with van der Waals surface area (Å²) >= 11 is 0. The number of allylic oxidation sites excluding steroid dienone is 1. The van der Waals surface area contributed by atoms with E-state index in [1.54, 1.807) is 0 Å². The molecular weight excluding hydrogens is 134 g/mol. The fourth-order valence-corrected chi connectivity index (χ4v) is 1.03. The van der Waals surface area contributed by atoms with Crippen LogP contribution in [0, 0.1) is 0 Å². The largest absolute Gasteiger partial charge is 0.389 e. The standard InChI is InChI=1S/C10H21N/c1-4-5-6-7-8-9-11-10(2)3/h11H,2,4-9H2,1,3H3. The molecule has 0 saturated carbocycles. The van der Waals surface area contributed by atoms with Crippen LogP contribution in [0.1, 0.15) is 46.0 Å². The van der Waals surface area contributed by atoms with Crippen molar-refractivity contribution in [2.24, 2.45) is 0 Å². The summed E-state index contributed by atoms with van der Waals surface area (Å²) in [6.45, 7) is 9.12. The quantitative estimate of drug-likeness (QED) is 0.557. The lowest BCUT2D eigenvalue weighted by Gasteiger charge is -2.03. The van der Waals surface area contributed by atoms with Crippen LogP contribution in [-0.2, 0) is 0 Å². The van der Waals surface area contributed by atoms with Crippen molar-refractivity contribution in [1.82, 2.24) is 5.32 Å². The Bertz CT molecular complexity index is 97.0. The molecule has 0 bridgehead atoms. The number of rotatable bonds is 7. The van der Waals surface area contributed by atoms with Crippen LogP contribution < -0.4 is 5.32 Å². The first kappa shape index (κ1) is 10.5. The van der Waals surface area contributed by atoms with Gasteiger partial charge in [0.15, 0.2) is 0 Å². The highest BCUT2D eigenvalue weighted by Crippen LogP contribution is 2.01. The second-order valence-corrected chi connectivity index (χ2v) is 3.12. The van der Waals surface area contributed by atoms with Crippen LogP contribution in [0.25, 0.3) is 0 Å². The molecule has 0 aromatic rings. The molecule has 0 radical (unpaired) electrons. The third-order valence-electron chi connectivity index (χ3n) is 1.71. The molecule has 0 aliphatic heterocycles. The van der Waals surface area contributed by atoms with Gasteiger partial charge in [-0.2, -0.15) is 0 Å². The zero-order valence-corrected chi connectivity index (χ0v) is 7.95. The predicted molar refractivity (Wildman–Crippen MR) is 51.6 cm³/mol. The van der Waals surface area contributed by atoms with Crippen molar-refractivity contribution in [2.75, 3.05) is 6.54 Å². The Morgan fingerprint density at radius 1 is 1.18 bits per heavy atom. The summed E-state index contributed by atoms with van der Waals surface area (Å²) in [6.07, 6.45) is 6.73. The second-order valence-electron chi connectivity index (χ2n) is 3.12. The van der Waals surface area contributed by atoms with E-state index in [1.165, 1.54) is 32.1 Å². The Kier molecular flexibility index (Phi) is 7.33. The molecule has 1 heteroatoms. The van der Waals surface area contributed by atoms with E-state index in [-0.39, 0.29) is 0 Å². The van der Waals surface area contributed by atoms with Gasteiger partial charge in [0.25, 0.3) is 0 Å². The van der Waals surface area contributed by atoms with Crippen molar-refractivity contribution in [2.45, 2.75) is 46.0 Å². The summed E-state index contributed by atoms with van der Waals surface area (Å²) in [4.78, 5) is 0. The maximum atomic E-state index is 3.78. The molecule has 0 unspecified atom stereocenters. The maximum Gasteiger partial charge on any atom is 0.0143 e. The first-order valence-electron chi connectivity index (χ1n) is 4.66. The van der Waals surface area contributed by atoms with E-state index >= 15 is 0 Å². The minimum Gasteiger partial charge on any atom is -0.389 e. The topological polar surface area (TPSA) is 12.0 Å². The monoisotopic (exact) mass is 155 g/mol. The molecule has 0 atom stereocenters. The number of hydrogen-bond donors (Lipinski definition) is 1. The van der Waals surface area contributed by atoms with E-state index in [9.17, 15) is 0 Å². The predicted octanol–water partition coefficient (Wildman–Crippen LogP) is 3.08. The third kappa shape index (κ3) is 9.54. The van der Waals surface area contributed by atoms with Gasteiger partial charge < -0.3 is 5.32 Å². The molecular formula is C10H21N. The third-order valence-corrected chi connectivity index (χ3v) is 1.71. The fourth-order valence-electron chi connectivity index (χ4n) is 1.03. The molecule has 1 nitrogen and oxygen atoms in total. The molecule has 0 fully saturated rings. The Morgan fingerprint density at radius 2 is 1.82 bits per heavy atom. The van der Waals surface area contributed by atoms with Gasteiger partial charge in [0.1, 0.15) is 0 Å². The number of nitrogens with one attached hydrogen (secondary N) is 1. The van der Waals surface area contributed by atoms with Crippen molar-refractivity contribution in [1.29, 1.82) is 0 Å². The average Bonchev–Trinajstić information content (AvgIpc) is 1.96. The molecule has 0 rings (SSSR count). The van der Waals surface area contributed by atoms with Crippen LogP contribution in [0.4, 0.5) is 0 Å². The van der Waals surface area contributed by atoms with Gasteiger partial charge in [-0.15, -0.1) is 0 Å². The summed E-state index contributed by atoms with van der Waals surface area (Å²) in [5.41, 5.74) is 1.08. The summed E-state index contributed by atoms with van der Waals surface area (Å²) in [5.74, 6) is 0. The van der Waals surface area contributed by atoms with Crippen LogP contribution in [-0.4, -0.2) is 6.54 Å². The highest BCUT2D eigenvalue weighted by atomic mass is 14.9. The highest BCUT2D eigenvalue weighted by Gasteiger charge is 1.87. The molecule has 66 valence electrons. The first-order valence-corrected chi connectivity index (χ1v) is 4.66. The van der Waals surface area contributed by atoms with Crippen LogP contribution >= 0.6 is 0 Å². The number of hydrogen-bond acceptors (Lipinski definition) is 1. The van der Waals surface area contributed by atoms with Crippen molar-refractivity contribution >= 4 is 0 Å². The van der Waals surface area contributed by atoms with E-state index in [4.69, 9.17) is 0 Å². The van der Waals surface area contributed by atoms with Gasteiger partial charge in [-0.25, -0.2) is 0 Å². The summed E-state index contributed by atoms with van der Waals surface area (Å²) in [6, 6.07) is 0. The van der Waals surface area contributed by atoms with Gasteiger partial charge >= 0.3 is 0 Å². The first-order chi connectivity index (χ1) is 5.27. The highest BCUT2D eigenvalue weighted by molar-refractivity contribution is 4.83. The normalized spacial score (nSPS) is 9.64. The lowest BCUT2D eigenvalue weighted by molar-refractivity contribution is 0.612. The van der Waals surface area contributed by atoms with Crippen molar-refractivity contribution in [3.05, 3.63) is 12.3 Å². The second kappa shape index (κ2) is 7.64. The molecule has 0 heterocycles. The summed E-state index contributed by atoms with van der Waals surface area (Å²) < 4.78 is 0. The lowest BCUT2D eigenvalue weighted by Crippen LogP contribution is -2.11. The van der Waals surface area contributed by atoms with Crippen LogP contribution in [0.3, 0.4) is 0 Å². The number of unbranched alkanes of at least 4 members (excludes halogenated alkanes) is 4. The van der Waals surface area contributed by atoms with Crippen LogP contribution in [0.5, 0.6) is 0 Å². The molecule has 1 N–H and O–H groups in total. The minimum atomic E-state index is 1.08. The molecule has 0 aliphatic rings. The SMILES string of the molecule is C=C(C)NCCCCCCC. The lowest BCUT2D eigenvalue weighted by atomic mass is 10.1. The Morgan fingerprint density at radius 3 is 2.36 bits per heavy atom. The van der Waals surface area contributed by atoms with E-state index in [0.717, 1.165) is 12.2 Å². The maximum absolute atomic E-state index is 3.78. The Balaban J connectivity index is 2.85. The Labute approximate surface area is 70.9 Å². The zero-order chi connectivity index (χ0) is 8.53. The van der Waals surface area contributed by atoms with Gasteiger partial charge in [0.2, 0.25) is 0 Å². The average molecular weight is 155 g/mol. The van der Waals surface area contributed by atoms with Gasteiger partial charge in [-0.3, -0.25) is 0 Å². The van der Waals surface area contributed by atoms with Gasteiger partial charge in [-0.05, 0) is 13.3 Å². The van der Waals surface area contributed by atoms with Gasteiger partial charge in [0.05, 0.1) is 0 Å². The molecule has 11 heavy (non-hydrogen) atoms. The van der Waals surface area contributed by atoms with E-state index < -0.39 is 0 Å². The van der Waals surface area contributed by atoms with Gasteiger partial charge in [-0.1, -0.05) is 39.2 Å². The molecule has 0 amide bonds. The zero-order valence-electron chi connectivity index (χ0n) is 7.95. The molecule has 0 aromatic carbocycles. The van der Waals surface area contributed by atoms with Crippen LogP contribution in [0.2, 0.25) is 0 Å². The van der Waals surface area contributed by atoms with Crippen LogP contribution in [0.15, 0.2) is 12.3 Å². The summed E-state index contributed by atoms with van der Waals surface area (Å²) in [7, 11) is 0. The van der Waals surface area contributed by atoms with E-state index in [0.29, 0.717) is 0 Å². The smallest absolute Gasteiger partial charge is 0.0143 e. The van der Waals surface area contributed by atoms with E-state index in [2.05, 4.69) is 18.8 Å². The minimum absolute atomic E-state index is 1.08. The molecule has 0 aromatic heterocycles. The van der Waals surface area contributed by atoms with Gasteiger partial charge in [0, 0.05) is 12.2 Å². The van der Waals surface area contributed by atoms with Crippen molar-refractivity contribution < 1.29 is 0 Å². The summed E-state index contributed by atoms with van der Waals surface area (Å²) in [5, 5.41) is 3.23. The molecule has 0 aliphatic carbocycles. The fraction of sp³-hybridized carbons (Fsp3) is 0.800. The molecule has 0 saturated heterocycles. The van der Waals surface area contributed by atoms with E-state index in [1.807, 2.05) is 6.92 Å². The van der Waals surface area contributed by atoms with Crippen molar-refractivity contribution in [3.8, 4) is 0 Å². The molecule has 0 spiro atoms. The van der Waals surface area contributed by atoms with Crippen molar-refractivity contribution in [3.63, 3.8) is 0 Å². The Hall–Kier alpha value is -0.460.